The number of hydrogen-bond acceptors (Lipinski definition) is 6. The molecule has 10 heteroatoms. The van der Waals surface area contributed by atoms with E-state index >= 15 is 0 Å². The Bertz CT molecular complexity index is 1900. The fourth-order valence-corrected chi connectivity index (χ4v) is 5.41. The molecule has 242 valence electrons. The number of hydrogen-bond donors (Lipinski definition) is 3. The third kappa shape index (κ3) is 9.99. The van der Waals surface area contributed by atoms with E-state index < -0.39 is 11.8 Å². The molecular formula is C38H32ClN3O5S. The van der Waals surface area contributed by atoms with Crippen LogP contribution >= 0.6 is 23.4 Å². The van der Waals surface area contributed by atoms with E-state index in [0.29, 0.717) is 45.6 Å². The minimum absolute atomic E-state index is 0.0507. The van der Waals surface area contributed by atoms with Crippen molar-refractivity contribution < 1.29 is 23.9 Å². The summed E-state index contributed by atoms with van der Waals surface area (Å²) in [5.41, 5.74) is 3.16. The molecule has 0 saturated carbocycles. The van der Waals surface area contributed by atoms with Gasteiger partial charge in [0.2, 0.25) is 5.91 Å². The van der Waals surface area contributed by atoms with Crippen LogP contribution < -0.4 is 25.4 Å². The number of carbonyl (C=O) groups excluding carboxylic acids is 3. The maximum Gasteiger partial charge on any atom is 0.272 e. The lowest BCUT2D eigenvalue weighted by Gasteiger charge is -2.13. The highest BCUT2D eigenvalue weighted by Gasteiger charge is 2.16. The van der Waals surface area contributed by atoms with Crippen LogP contribution in [0.4, 0.5) is 11.4 Å². The summed E-state index contributed by atoms with van der Waals surface area (Å²) < 4.78 is 11.2. The Morgan fingerprint density at radius 2 is 1.52 bits per heavy atom. The van der Waals surface area contributed by atoms with Crippen molar-refractivity contribution in [1.82, 2.24) is 5.32 Å². The largest absolute Gasteiger partial charge is 0.495 e. The van der Waals surface area contributed by atoms with Crippen LogP contribution in [0.25, 0.3) is 6.08 Å². The lowest BCUT2D eigenvalue weighted by molar-refractivity contribution is -0.114. The summed E-state index contributed by atoms with van der Waals surface area (Å²) in [6.45, 7) is 0.426. The molecule has 0 fully saturated rings. The van der Waals surface area contributed by atoms with Crippen molar-refractivity contribution in [2.75, 3.05) is 23.5 Å². The number of carbonyl (C=O) groups is 3. The molecule has 8 nitrogen and oxygen atoms in total. The zero-order valence-corrected chi connectivity index (χ0v) is 27.5. The molecular weight excluding hydrogens is 646 g/mol. The molecule has 3 N–H and O–H groups in total. The number of benzene rings is 5. The Morgan fingerprint density at radius 3 is 2.25 bits per heavy atom. The van der Waals surface area contributed by atoms with Crippen molar-refractivity contribution >= 4 is 58.5 Å². The number of anilines is 2. The van der Waals surface area contributed by atoms with Crippen molar-refractivity contribution in [3.63, 3.8) is 0 Å². The summed E-state index contributed by atoms with van der Waals surface area (Å²) in [4.78, 5) is 40.1. The first-order valence-corrected chi connectivity index (χ1v) is 16.2. The van der Waals surface area contributed by atoms with Gasteiger partial charge in [0.05, 0.1) is 18.6 Å². The zero-order chi connectivity index (χ0) is 33.7. The van der Waals surface area contributed by atoms with Gasteiger partial charge in [-0.2, -0.15) is 0 Å². The van der Waals surface area contributed by atoms with Crippen LogP contribution in [-0.4, -0.2) is 30.6 Å². The second-order valence-electron chi connectivity index (χ2n) is 10.4. The minimum Gasteiger partial charge on any atom is -0.495 e. The fourth-order valence-electron chi connectivity index (χ4n) is 4.49. The van der Waals surface area contributed by atoms with Crippen LogP contribution in [0.15, 0.2) is 138 Å². The lowest BCUT2D eigenvalue weighted by atomic mass is 10.1. The summed E-state index contributed by atoms with van der Waals surface area (Å²) in [6, 6.07) is 37.8. The van der Waals surface area contributed by atoms with Crippen molar-refractivity contribution in [1.29, 1.82) is 0 Å². The van der Waals surface area contributed by atoms with Gasteiger partial charge < -0.3 is 25.4 Å². The van der Waals surface area contributed by atoms with Crippen molar-refractivity contribution in [3.05, 3.63) is 155 Å². The molecule has 0 aromatic heterocycles. The molecule has 5 aromatic rings. The number of ether oxygens (including phenoxy) is 2. The predicted octanol–water partition coefficient (Wildman–Crippen LogP) is 8.07. The van der Waals surface area contributed by atoms with Gasteiger partial charge in [-0.25, -0.2) is 0 Å². The molecule has 0 aliphatic rings. The molecule has 48 heavy (non-hydrogen) atoms. The molecule has 5 aromatic carbocycles. The molecule has 0 heterocycles. The quantitative estimate of drug-likeness (QED) is 0.0860. The number of thioether (sulfide) groups is 1. The van der Waals surface area contributed by atoms with Crippen molar-refractivity contribution in [2.45, 2.75) is 11.5 Å². The summed E-state index contributed by atoms with van der Waals surface area (Å²) >= 11 is 7.37. The van der Waals surface area contributed by atoms with Gasteiger partial charge in [-0.3, -0.25) is 14.4 Å². The number of halogens is 1. The zero-order valence-electron chi connectivity index (χ0n) is 25.9. The van der Waals surface area contributed by atoms with Gasteiger partial charge in [0, 0.05) is 21.2 Å². The lowest BCUT2D eigenvalue weighted by Crippen LogP contribution is -2.30. The highest BCUT2D eigenvalue weighted by atomic mass is 35.5. The fraction of sp³-hybridized carbons (Fsp3) is 0.0789. The predicted molar refractivity (Wildman–Crippen MR) is 192 cm³/mol. The summed E-state index contributed by atoms with van der Waals surface area (Å²) in [5, 5.41) is 8.91. The smallest absolute Gasteiger partial charge is 0.272 e. The molecule has 0 unspecified atom stereocenters. The summed E-state index contributed by atoms with van der Waals surface area (Å²) in [7, 11) is 1.51. The van der Waals surface area contributed by atoms with Crippen LogP contribution in [0.5, 0.6) is 11.5 Å². The first kappa shape index (κ1) is 33.8. The van der Waals surface area contributed by atoms with Crippen LogP contribution in [0, 0.1) is 0 Å². The molecule has 0 bridgehead atoms. The van der Waals surface area contributed by atoms with Crippen LogP contribution in [0.2, 0.25) is 5.02 Å². The minimum atomic E-state index is -0.517. The SMILES string of the molecule is COc1ccc(Cl)cc1NC(=O)CSc1cccc(NC(=O)/C(=C\c2ccc(OCc3ccccc3)cc2)NC(=O)c2ccccc2)c1. The van der Waals surface area contributed by atoms with E-state index in [-0.39, 0.29) is 17.4 Å². The van der Waals surface area contributed by atoms with E-state index in [4.69, 9.17) is 21.1 Å². The van der Waals surface area contributed by atoms with E-state index in [1.807, 2.05) is 66.7 Å². The Kier molecular flexibility index (Phi) is 11.9. The third-order valence-corrected chi connectivity index (χ3v) is 8.09. The molecule has 5 rings (SSSR count). The van der Waals surface area contributed by atoms with Gasteiger partial charge in [0.25, 0.3) is 11.8 Å². The number of methoxy groups -OCH3 is 1. The van der Waals surface area contributed by atoms with E-state index in [9.17, 15) is 14.4 Å². The Labute approximate surface area is 288 Å². The van der Waals surface area contributed by atoms with E-state index in [0.717, 1.165) is 10.5 Å². The van der Waals surface area contributed by atoms with E-state index in [1.54, 1.807) is 66.7 Å². The van der Waals surface area contributed by atoms with Crippen LogP contribution in [-0.2, 0) is 16.2 Å². The molecule has 0 aliphatic carbocycles. The summed E-state index contributed by atoms with van der Waals surface area (Å²) in [5.74, 6) is 0.0858. The second kappa shape index (κ2) is 16.9. The van der Waals surface area contributed by atoms with Crippen LogP contribution in [0.1, 0.15) is 21.5 Å². The van der Waals surface area contributed by atoms with Gasteiger partial charge in [-0.15, -0.1) is 11.8 Å². The number of amides is 3. The maximum absolute atomic E-state index is 13.6. The molecule has 0 atom stereocenters. The van der Waals surface area contributed by atoms with Crippen molar-refractivity contribution in [3.8, 4) is 11.5 Å². The first-order valence-electron chi connectivity index (χ1n) is 14.9. The second-order valence-corrected chi connectivity index (χ2v) is 11.9. The number of rotatable bonds is 13. The highest BCUT2D eigenvalue weighted by Crippen LogP contribution is 2.29. The Morgan fingerprint density at radius 1 is 0.792 bits per heavy atom. The molecule has 0 radical (unpaired) electrons. The van der Waals surface area contributed by atoms with Crippen LogP contribution in [0.3, 0.4) is 0 Å². The maximum atomic E-state index is 13.6. The molecule has 0 saturated heterocycles. The Hall–Kier alpha value is -5.51. The molecule has 0 aliphatic heterocycles. The summed E-state index contributed by atoms with van der Waals surface area (Å²) in [6.07, 6.45) is 1.60. The Balaban J connectivity index is 1.26. The van der Waals surface area contributed by atoms with Gasteiger partial charge in [-0.05, 0) is 77.9 Å². The third-order valence-electron chi connectivity index (χ3n) is 6.87. The normalized spacial score (nSPS) is 10.9. The number of nitrogens with one attached hydrogen (secondary N) is 3. The molecule has 0 spiro atoms. The van der Waals surface area contributed by atoms with Gasteiger partial charge in [0.15, 0.2) is 0 Å². The van der Waals surface area contributed by atoms with Crippen molar-refractivity contribution in [2.24, 2.45) is 0 Å². The van der Waals surface area contributed by atoms with Gasteiger partial charge >= 0.3 is 0 Å². The average Bonchev–Trinajstić information content (AvgIpc) is 3.11. The topological polar surface area (TPSA) is 106 Å². The van der Waals surface area contributed by atoms with Gasteiger partial charge in [-0.1, -0.05) is 78.3 Å². The van der Waals surface area contributed by atoms with E-state index in [2.05, 4.69) is 16.0 Å². The van der Waals surface area contributed by atoms with E-state index in [1.165, 1.54) is 18.9 Å². The monoisotopic (exact) mass is 677 g/mol. The standard InChI is InChI=1S/C38H32ClN3O5S/c1-46-35-20-17-29(39)22-33(35)41-36(43)25-48-32-14-8-13-30(23-32)40-38(45)34(42-37(44)28-11-6-3-7-12-28)21-26-15-18-31(19-16-26)47-24-27-9-4-2-5-10-27/h2-23H,24-25H2,1H3,(H,40,45)(H,41,43)(H,42,44)/b34-21+. The molecule has 3 amide bonds. The highest BCUT2D eigenvalue weighted by molar-refractivity contribution is 8.00. The first-order chi connectivity index (χ1) is 23.4. The average molecular weight is 678 g/mol. The van der Waals surface area contributed by atoms with Gasteiger partial charge in [0.1, 0.15) is 23.8 Å².